The number of allylic oxidation sites excluding steroid dienone is 8. The van der Waals surface area contributed by atoms with Crippen LogP contribution in [0, 0.1) is 0 Å². The highest BCUT2D eigenvalue weighted by Gasteiger charge is 2.18. The lowest BCUT2D eigenvalue weighted by molar-refractivity contribution is 0.983. The number of para-hydroxylation sites is 2. The molecule has 0 saturated heterocycles. The van der Waals surface area contributed by atoms with Crippen molar-refractivity contribution in [2.24, 2.45) is 0 Å². The van der Waals surface area contributed by atoms with Gasteiger partial charge in [0.2, 0.25) is 0 Å². The van der Waals surface area contributed by atoms with Crippen molar-refractivity contribution < 1.29 is 0 Å². The van der Waals surface area contributed by atoms with E-state index < -0.39 is 0 Å². The molecule has 2 nitrogen and oxygen atoms in total. The summed E-state index contributed by atoms with van der Waals surface area (Å²) in [5, 5.41) is 5.14. The smallest absolute Gasteiger partial charge is 0.0541 e. The predicted molar refractivity (Wildman–Crippen MR) is 213 cm³/mol. The third-order valence-electron chi connectivity index (χ3n) is 10.7. The highest BCUT2D eigenvalue weighted by molar-refractivity contribution is 6.13. The van der Waals surface area contributed by atoms with E-state index in [4.69, 9.17) is 0 Å². The maximum absolute atomic E-state index is 2.49. The average Bonchev–Trinajstić information content (AvgIpc) is 3.71. The molecule has 0 unspecified atom stereocenters. The summed E-state index contributed by atoms with van der Waals surface area (Å²) in [6.45, 7) is 0. The Labute approximate surface area is 292 Å². The number of rotatable bonds is 5. The van der Waals surface area contributed by atoms with Crippen LogP contribution in [-0.4, -0.2) is 9.13 Å². The molecule has 10 rings (SSSR count). The molecule has 238 valence electrons. The van der Waals surface area contributed by atoms with E-state index in [0.29, 0.717) is 0 Å². The van der Waals surface area contributed by atoms with Gasteiger partial charge in [-0.1, -0.05) is 115 Å². The number of nitrogens with zero attached hydrogens (tertiary/aromatic N) is 2. The molecule has 2 heterocycles. The molecule has 2 heteroatoms. The lowest BCUT2D eigenvalue weighted by Gasteiger charge is -2.18. The highest BCUT2D eigenvalue weighted by Crippen LogP contribution is 2.40. The zero-order chi connectivity index (χ0) is 33.0. The summed E-state index contributed by atoms with van der Waals surface area (Å²) in [4.78, 5) is 0. The summed E-state index contributed by atoms with van der Waals surface area (Å²) < 4.78 is 4.91. The Morgan fingerprint density at radius 1 is 0.440 bits per heavy atom. The Bertz CT molecular complexity index is 2730. The SMILES string of the molecule is C1=CCCC(c2ccc(-n3c4ccccc4c4cc(-c5ccc6c(c5)c5ccccc5n6C5=CC(c6ccccc6)=CCC5)ccc43)cc2)=C1. The Balaban J connectivity index is 1.08. The van der Waals surface area contributed by atoms with Crippen LogP contribution in [0.3, 0.4) is 0 Å². The molecule has 0 bridgehead atoms. The molecule has 0 radical (unpaired) electrons. The van der Waals surface area contributed by atoms with Crippen LogP contribution in [0.5, 0.6) is 0 Å². The van der Waals surface area contributed by atoms with Gasteiger partial charge in [0.15, 0.2) is 0 Å². The topological polar surface area (TPSA) is 9.86 Å². The third kappa shape index (κ3) is 4.71. The van der Waals surface area contributed by atoms with Crippen LogP contribution in [0.15, 0.2) is 170 Å². The van der Waals surface area contributed by atoms with Gasteiger partial charge in [-0.3, -0.25) is 0 Å². The Morgan fingerprint density at radius 2 is 1.04 bits per heavy atom. The van der Waals surface area contributed by atoms with Crippen molar-refractivity contribution in [1.29, 1.82) is 0 Å². The van der Waals surface area contributed by atoms with Crippen LogP contribution in [-0.2, 0) is 0 Å². The molecular weight excluding hydrogens is 605 g/mol. The second kappa shape index (κ2) is 11.8. The van der Waals surface area contributed by atoms with Crippen molar-refractivity contribution in [2.45, 2.75) is 25.7 Å². The Morgan fingerprint density at radius 3 is 1.72 bits per heavy atom. The number of aromatic nitrogens is 2. The lowest BCUT2D eigenvalue weighted by Crippen LogP contribution is -2.01. The van der Waals surface area contributed by atoms with Crippen molar-refractivity contribution in [2.75, 3.05) is 0 Å². The van der Waals surface area contributed by atoms with Crippen molar-refractivity contribution >= 4 is 60.5 Å². The monoisotopic (exact) mass is 640 g/mol. The maximum Gasteiger partial charge on any atom is 0.0541 e. The van der Waals surface area contributed by atoms with E-state index in [1.807, 2.05) is 0 Å². The highest BCUT2D eigenvalue weighted by atomic mass is 15.0. The van der Waals surface area contributed by atoms with Crippen LogP contribution in [0.4, 0.5) is 0 Å². The summed E-state index contributed by atoms with van der Waals surface area (Å²) in [6.07, 6.45) is 15.7. The van der Waals surface area contributed by atoms with Gasteiger partial charge in [-0.05, 0) is 114 Å². The molecule has 0 N–H and O–H groups in total. The number of benzene rings is 6. The van der Waals surface area contributed by atoms with Gasteiger partial charge in [-0.25, -0.2) is 0 Å². The normalized spacial score (nSPS) is 14.8. The minimum Gasteiger partial charge on any atom is -0.313 e. The molecular formula is C48H36N2. The summed E-state index contributed by atoms with van der Waals surface area (Å²) in [5.74, 6) is 0. The van der Waals surface area contributed by atoms with Crippen LogP contribution in [0.2, 0.25) is 0 Å². The standard InChI is InChI=1S/C48H36N2/c1-3-12-33(13-4-1)35-22-26-39(27-23-35)49-45-20-9-7-18-41(45)43-31-37(24-28-47(43)49)38-25-29-48-44(32-38)42-19-8-10-21-46(42)50(48)40-17-11-16-36(30-40)34-14-5-2-6-15-34/h1-3,5-10,12,14-16,18-32H,4,11,13,17H2. The Kier molecular flexibility index (Phi) is 6.80. The summed E-state index contributed by atoms with van der Waals surface area (Å²) >= 11 is 0. The second-order valence-electron chi connectivity index (χ2n) is 13.6. The molecule has 2 aliphatic carbocycles. The van der Waals surface area contributed by atoms with E-state index in [1.54, 1.807) is 0 Å². The molecule has 0 saturated carbocycles. The minimum atomic E-state index is 1.02. The van der Waals surface area contributed by atoms with Crippen molar-refractivity contribution in [3.63, 3.8) is 0 Å². The molecule has 8 aromatic rings. The molecule has 50 heavy (non-hydrogen) atoms. The summed E-state index contributed by atoms with van der Waals surface area (Å²) in [7, 11) is 0. The fraction of sp³-hybridized carbons (Fsp3) is 0.0833. The van der Waals surface area contributed by atoms with E-state index >= 15 is 0 Å². The van der Waals surface area contributed by atoms with E-state index in [2.05, 4.69) is 179 Å². The molecule has 2 aliphatic rings. The van der Waals surface area contributed by atoms with Gasteiger partial charge in [0.1, 0.15) is 0 Å². The van der Waals surface area contributed by atoms with E-state index in [9.17, 15) is 0 Å². The number of fused-ring (bicyclic) bond motifs is 6. The first-order valence-corrected chi connectivity index (χ1v) is 17.8. The van der Waals surface area contributed by atoms with Gasteiger partial charge in [0.05, 0.1) is 22.1 Å². The average molecular weight is 641 g/mol. The Hall–Kier alpha value is -6.12. The van der Waals surface area contributed by atoms with Gasteiger partial charge in [0.25, 0.3) is 0 Å². The largest absolute Gasteiger partial charge is 0.313 e. The van der Waals surface area contributed by atoms with E-state index in [-0.39, 0.29) is 0 Å². The van der Waals surface area contributed by atoms with Crippen molar-refractivity contribution in [3.8, 4) is 16.8 Å². The third-order valence-corrected chi connectivity index (χ3v) is 10.7. The quantitative estimate of drug-likeness (QED) is 0.177. The van der Waals surface area contributed by atoms with Crippen LogP contribution >= 0.6 is 0 Å². The van der Waals surface area contributed by atoms with Gasteiger partial charge in [-0.2, -0.15) is 0 Å². The van der Waals surface area contributed by atoms with Crippen molar-refractivity contribution in [1.82, 2.24) is 9.13 Å². The van der Waals surface area contributed by atoms with Gasteiger partial charge in [-0.15, -0.1) is 0 Å². The first-order chi connectivity index (χ1) is 24.8. The molecule has 0 spiro atoms. The fourth-order valence-electron chi connectivity index (χ4n) is 8.25. The zero-order valence-electron chi connectivity index (χ0n) is 27.9. The fourth-order valence-corrected chi connectivity index (χ4v) is 8.25. The van der Waals surface area contributed by atoms with Gasteiger partial charge < -0.3 is 9.13 Å². The van der Waals surface area contributed by atoms with E-state index in [0.717, 1.165) is 25.7 Å². The molecule has 0 aliphatic heterocycles. The molecule has 0 atom stereocenters. The lowest BCUT2D eigenvalue weighted by atomic mass is 9.97. The number of hydrogen-bond acceptors (Lipinski definition) is 0. The number of hydrogen-bond donors (Lipinski definition) is 0. The van der Waals surface area contributed by atoms with Crippen LogP contribution < -0.4 is 0 Å². The summed E-state index contributed by atoms with van der Waals surface area (Å²) in [6, 6.07) is 51.6. The molecule has 0 amide bonds. The van der Waals surface area contributed by atoms with Gasteiger partial charge in [0, 0.05) is 32.9 Å². The maximum atomic E-state index is 2.49. The predicted octanol–water partition coefficient (Wildman–Crippen LogP) is 13.0. The molecule has 6 aromatic carbocycles. The molecule has 0 fully saturated rings. The summed E-state index contributed by atoms with van der Waals surface area (Å²) in [5.41, 5.74) is 15.3. The van der Waals surface area contributed by atoms with E-state index in [1.165, 1.54) is 88.4 Å². The second-order valence-corrected chi connectivity index (χ2v) is 13.6. The molecule has 2 aromatic heterocycles. The van der Waals surface area contributed by atoms with Gasteiger partial charge >= 0.3 is 0 Å². The first kappa shape index (κ1) is 28.9. The zero-order valence-corrected chi connectivity index (χ0v) is 27.9. The van der Waals surface area contributed by atoms with Crippen molar-refractivity contribution in [3.05, 3.63) is 181 Å². The first-order valence-electron chi connectivity index (χ1n) is 17.8. The van der Waals surface area contributed by atoms with Crippen LogP contribution in [0.1, 0.15) is 36.8 Å². The minimum absolute atomic E-state index is 1.02. The van der Waals surface area contributed by atoms with Crippen LogP contribution in [0.25, 0.3) is 77.3 Å².